The molecule has 7 heteroatoms. The van der Waals surface area contributed by atoms with E-state index < -0.39 is 10.0 Å². The third-order valence-electron chi connectivity index (χ3n) is 2.72. The monoisotopic (exact) mass is 322 g/mol. The van der Waals surface area contributed by atoms with Gasteiger partial charge in [-0.25, -0.2) is 13.1 Å². The van der Waals surface area contributed by atoms with Crippen molar-refractivity contribution in [2.75, 3.05) is 26.7 Å². The van der Waals surface area contributed by atoms with Crippen LogP contribution in [0.25, 0.3) is 0 Å². The molecule has 1 rings (SSSR count). The van der Waals surface area contributed by atoms with Gasteiger partial charge in [0.25, 0.3) is 0 Å². The number of benzene rings is 1. The second-order valence-electron chi connectivity index (χ2n) is 4.36. The van der Waals surface area contributed by atoms with Crippen molar-refractivity contribution in [2.45, 2.75) is 25.7 Å². The van der Waals surface area contributed by atoms with Crippen LogP contribution < -0.4 is 14.8 Å². The zero-order chi connectivity index (χ0) is 14.5. The highest BCUT2D eigenvalue weighted by molar-refractivity contribution is 7.89. The van der Waals surface area contributed by atoms with Gasteiger partial charge in [0.15, 0.2) is 0 Å². The van der Waals surface area contributed by atoms with Crippen LogP contribution in [0.2, 0.25) is 0 Å². The number of likely N-dealkylation sites (N-methyl/N-ethyl adjacent to an activating group) is 1. The Morgan fingerprint density at radius 3 is 2.40 bits per heavy atom. The molecule has 0 bridgehead atoms. The zero-order valence-corrected chi connectivity index (χ0v) is 14.0. The lowest BCUT2D eigenvalue weighted by atomic mass is 10.1. The first-order valence-electron chi connectivity index (χ1n) is 6.28. The van der Waals surface area contributed by atoms with Gasteiger partial charge in [-0.15, -0.1) is 12.4 Å². The fraction of sp³-hybridized carbons (Fsp3) is 0.538. The fourth-order valence-corrected chi connectivity index (χ4v) is 3.34. The van der Waals surface area contributed by atoms with E-state index in [0.29, 0.717) is 24.4 Å². The summed E-state index contributed by atoms with van der Waals surface area (Å²) in [5.74, 6) is 0.383. The van der Waals surface area contributed by atoms with Gasteiger partial charge in [0.1, 0.15) is 10.6 Å². The summed E-state index contributed by atoms with van der Waals surface area (Å²) in [6.45, 7) is 7.42. The van der Waals surface area contributed by atoms with Gasteiger partial charge >= 0.3 is 0 Å². The standard InChI is InChI=1S/C13H22N2O3S.ClH/c1-5-14-6-7-15-19(16,17)13-11(3)8-10(2)9-12(13)18-4;/h8-9,14-15H,5-7H2,1-4H3;1H. The van der Waals surface area contributed by atoms with Gasteiger partial charge < -0.3 is 10.1 Å². The van der Waals surface area contributed by atoms with Gasteiger partial charge in [0, 0.05) is 13.1 Å². The Morgan fingerprint density at radius 2 is 1.85 bits per heavy atom. The quantitative estimate of drug-likeness (QED) is 0.749. The number of ether oxygens (including phenoxy) is 1. The van der Waals surface area contributed by atoms with E-state index in [1.165, 1.54) is 7.11 Å². The molecule has 0 spiro atoms. The van der Waals surface area contributed by atoms with Crippen LogP contribution in [-0.2, 0) is 10.0 Å². The lowest BCUT2D eigenvalue weighted by Gasteiger charge is -2.14. The van der Waals surface area contributed by atoms with Crippen molar-refractivity contribution in [3.05, 3.63) is 23.3 Å². The van der Waals surface area contributed by atoms with Crippen LogP contribution in [0.15, 0.2) is 17.0 Å². The topological polar surface area (TPSA) is 67.4 Å². The van der Waals surface area contributed by atoms with Crippen molar-refractivity contribution in [1.29, 1.82) is 0 Å². The fourth-order valence-electron chi connectivity index (χ4n) is 1.93. The Kier molecular flexibility index (Phi) is 8.12. The molecule has 0 amide bonds. The molecule has 0 aliphatic rings. The molecule has 0 fully saturated rings. The van der Waals surface area contributed by atoms with Crippen LogP contribution in [0.3, 0.4) is 0 Å². The lowest BCUT2D eigenvalue weighted by Crippen LogP contribution is -2.32. The van der Waals surface area contributed by atoms with Crippen LogP contribution in [0, 0.1) is 13.8 Å². The Balaban J connectivity index is 0.00000361. The maximum atomic E-state index is 12.3. The molecule has 0 aliphatic carbocycles. The minimum absolute atomic E-state index is 0. The molecule has 0 heterocycles. The van der Waals surface area contributed by atoms with Crippen LogP contribution in [0.1, 0.15) is 18.1 Å². The highest BCUT2D eigenvalue weighted by atomic mass is 35.5. The molecule has 0 aromatic heterocycles. The Bertz CT molecular complexity index is 533. The van der Waals surface area contributed by atoms with Crippen molar-refractivity contribution in [1.82, 2.24) is 10.0 Å². The van der Waals surface area contributed by atoms with Crippen molar-refractivity contribution in [3.8, 4) is 5.75 Å². The lowest BCUT2D eigenvalue weighted by molar-refractivity contribution is 0.401. The summed E-state index contributed by atoms with van der Waals surface area (Å²) in [5.41, 5.74) is 1.66. The molecule has 116 valence electrons. The number of methoxy groups -OCH3 is 1. The number of nitrogens with one attached hydrogen (secondary N) is 2. The van der Waals surface area contributed by atoms with Gasteiger partial charge in [-0.1, -0.05) is 13.0 Å². The van der Waals surface area contributed by atoms with E-state index in [1.54, 1.807) is 13.0 Å². The molecule has 1 aromatic carbocycles. The summed E-state index contributed by atoms with van der Waals surface area (Å²) in [6.07, 6.45) is 0. The predicted octanol–water partition coefficient (Wildman–Crippen LogP) is 1.62. The number of hydrogen-bond acceptors (Lipinski definition) is 4. The molecule has 0 aliphatic heterocycles. The summed E-state index contributed by atoms with van der Waals surface area (Å²) in [7, 11) is -2.07. The Labute approximate surface area is 127 Å². The van der Waals surface area contributed by atoms with Crippen molar-refractivity contribution >= 4 is 22.4 Å². The van der Waals surface area contributed by atoms with Crippen molar-refractivity contribution < 1.29 is 13.2 Å². The highest BCUT2D eigenvalue weighted by Crippen LogP contribution is 2.28. The first-order chi connectivity index (χ1) is 8.92. The maximum absolute atomic E-state index is 12.3. The minimum atomic E-state index is -3.55. The molecule has 0 unspecified atom stereocenters. The van der Waals surface area contributed by atoms with Gasteiger partial charge in [0.05, 0.1) is 7.11 Å². The van der Waals surface area contributed by atoms with E-state index >= 15 is 0 Å². The summed E-state index contributed by atoms with van der Waals surface area (Å²) < 4.78 is 32.3. The summed E-state index contributed by atoms with van der Waals surface area (Å²) in [5, 5.41) is 3.07. The molecule has 0 radical (unpaired) electrons. The third-order valence-corrected chi connectivity index (χ3v) is 4.36. The summed E-state index contributed by atoms with van der Waals surface area (Å²) in [6, 6.07) is 3.56. The molecule has 0 saturated carbocycles. The Morgan fingerprint density at radius 1 is 1.20 bits per heavy atom. The zero-order valence-electron chi connectivity index (χ0n) is 12.3. The second-order valence-corrected chi connectivity index (χ2v) is 6.07. The average molecular weight is 323 g/mol. The summed E-state index contributed by atoms with van der Waals surface area (Å²) >= 11 is 0. The molecule has 0 saturated heterocycles. The second kappa shape index (κ2) is 8.46. The maximum Gasteiger partial charge on any atom is 0.244 e. The van der Waals surface area contributed by atoms with Gasteiger partial charge in [-0.05, 0) is 37.6 Å². The van der Waals surface area contributed by atoms with E-state index in [9.17, 15) is 8.42 Å². The van der Waals surface area contributed by atoms with Gasteiger partial charge in [-0.2, -0.15) is 0 Å². The normalized spacial score (nSPS) is 11.0. The largest absolute Gasteiger partial charge is 0.495 e. The Hall–Kier alpha value is -0.820. The van der Waals surface area contributed by atoms with E-state index in [1.807, 2.05) is 19.9 Å². The van der Waals surface area contributed by atoms with Crippen LogP contribution in [0.5, 0.6) is 5.75 Å². The number of aryl methyl sites for hydroxylation is 2. The minimum Gasteiger partial charge on any atom is -0.495 e. The molecule has 2 N–H and O–H groups in total. The number of sulfonamides is 1. The number of hydrogen-bond donors (Lipinski definition) is 2. The first kappa shape index (κ1) is 19.2. The van der Waals surface area contributed by atoms with Crippen molar-refractivity contribution in [3.63, 3.8) is 0 Å². The molecular formula is C13H23ClN2O3S. The van der Waals surface area contributed by atoms with Crippen molar-refractivity contribution in [2.24, 2.45) is 0 Å². The molecule has 20 heavy (non-hydrogen) atoms. The first-order valence-corrected chi connectivity index (χ1v) is 7.76. The van der Waals surface area contributed by atoms with Gasteiger partial charge in [0.2, 0.25) is 10.0 Å². The van der Waals surface area contributed by atoms with Crippen LogP contribution in [0.4, 0.5) is 0 Å². The van der Waals surface area contributed by atoms with E-state index in [-0.39, 0.29) is 17.3 Å². The average Bonchev–Trinajstić information content (AvgIpc) is 2.33. The smallest absolute Gasteiger partial charge is 0.244 e. The summed E-state index contributed by atoms with van der Waals surface area (Å²) in [4.78, 5) is 0.220. The molecule has 1 aromatic rings. The molecular weight excluding hydrogens is 300 g/mol. The third kappa shape index (κ3) is 4.94. The van der Waals surface area contributed by atoms with Gasteiger partial charge in [-0.3, -0.25) is 0 Å². The predicted molar refractivity (Wildman–Crippen MR) is 83.4 cm³/mol. The molecule has 5 nitrogen and oxygen atoms in total. The number of rotatable bonds is 7. The van der Waals surface area contributed by atoms with E-state index in [2.05, 4.69) is 10.0 Å². The van der Waals surface area contributed by atoms with Crippen LogP contribution >= 0.6 is 12.4 Å². The van der Waals surface area contributed by atoms with Crippen LogP contribution in [-0.4, -0.2) is 35.2 Å². The van der Waals surface area contributed by atoms with E-state index in [4.69, 9.17) is 4.74 Å². The number of halogens is 1. The molecule has 0 atom stereocenters. The highest BCUT2D eigenvalue weighted by Gasteiger charge is 2.21. The van der Waals surface area contributed by atoms with E-state index in [0.717, 1.165) is 12.1 Å². The SMILES string of the molecule is CCNCCNS(=O)(=O)c1c(C)cc(C)cc1OC.Cl.